The minimum Gasteiger partial charge on any atom is -0.459 e. The maximum Gasteiger partial charge on any atom is 0.330 e. The Morgan fingerprint density at radius 3 is 2.19 bits per heavy atom. The van der Waals surface area contributed by atoms with Crippen LogP contribution < -0.4 is 5.32 Å². The largest absolute Gasteiger partial charge is 0.459 e. The number of carbonyl (C=O) groups is 1. The number of esters is 1. The van der Waals surface area contributed by atoms with Gasteiger partial charge < -0.3 is 10.1 Å². The molecule has 1 N–H and O–H groups in total. The number of nitrogens with one attached hydrogen (secondary N) is 1. The lowest BCUT2D eigenvalue weighted by Gasteiger charge is -2.45. The molecule has 0 unspecified atom stereocenters. The average Bonchev–Trinajstić information content (AvgIpc) is 1.96. The number of piperidine rings is 1. The highest BCUT2D eigenvalue weighted by molar-refractivity contribution is 5.81. The summed E-state index contributed by atoms with van der Waals surface area (Å²) in [6, 6.07) is 0. The van der Waals surface area contributed by atoms with E-state index in [2.05, 4.69) is 33.0 Å². The first-order valence-electron chi connectivity index (χ1n) is 5.87. The van der Waals surface area contributed by atoms with Gasteiger partial charge >= 0.3 is 5.97 Å². The van der Waals surface area contributed by atoms with Crippen molar-refractivity contribution in [2.75, 3.05) is 0 Å². The van der Waals surface area contributed by atoms with Crippen LogP contribution >= 0.6 is 0 Å². The number of ether oxygens (including phenoxy) is 1. The molecule has 0 atom stereocenters. The van der Waals surface area contributed by atoms with E-state index in [9.17, 15) is 4.79 Å². The number of hydrogen-bond acceptors (Lipinski definition) is 3. The van der Waals surface area contributed by atoms with Crippen molar-refractivity contribution < 1.29 is 9.53 Å². The van der Waals surface area contributed by atoms with Crippen molar-refractivity contribution in [1.82, 2.24) is 5.32 Å². The molecule has 1 aliphatic rings. The van der Waals surface area contributed by atoms with E-state index in [1.807, 2.05) is 6.92 Å². The van der Waals surface area contributed by atoms with Crippen LogP contribution in [0.4, 0.5) is 0 Å². The fourth-order valence-electron chi connectivity index (χ4n) is 2.65. The van der Waals surface area contributed by atoms with Crippen LogP contribution in [0.25, 0.3) is 0 Å². The molecule has 0 aromatic carbocycles. The van der Waals surface area contributed by atoms with Crippen molar-refractivity contribution in [3.05, 3.63) is 12.2 Å². The van der Waals surface area contributed by atoms with Crippen molar-refractivity contribution >= 4 is 5.97 Å². The van der Waals surface area contributed by atoms with E-state index >= 15 is 0 Å². The third-order valence-electron chi connectivity index (χ3n) is 2.74. The van der Waals surface area contributed by atoms with Crippen LogP contribution in [0.15, 0.2) is 12.2 Å². The van der Waals surface area contributed by atoms with E-state index in [0.717, 1.165) is 12.8 Å². The van der Waals surface area contributed by atoms with E-state index in [1.54, 1.807) is 6.08 Å². The maximum absolute atomic E-state index is 11.4. The Labute approximate surface area is 98.2 Å². The van der Waals surface area contributed by atoms with Gasteiger partial charge in [-0.2, -0.15) is 0 Å². The molecule has 16 heavy (non-hydrogen) atoms. The topological polar surface area (TPSA) is 38.3 Å². The van der Waals surface area contributed by atoms with E-state index in [4.69, 9.17) is 4.74 Å². The Bertz CT molecular complexity index is 276. The highest BCUT2D eigenvalue weighted by Crippen LogP contribution is 2.30. The van der Waals surface area contributed by atoms with E-state index in [0.29, 0.717) is 0 Å². The third-order valence-corrected chi connectivity index (χ3v) is 2.74. The standard InChI is InChI=1S/C13H23NO2/c1-6-7-11(15)16-10-8-12(2,3)14-13(4,5)9-10/h6-7,10,14H,8-9H2,1-5H3/b7-6+. The van der Waals surface area contributed by atoms with Crippen molar-refractivity contribution in [2.24, 2.45) is 0 Å². The molecule has 0 aliphatic carbocycles. The minimum atomic E-state index is -0.235. The number of allylic oxidation sites excluding steroid dienone is 1. The smallest absolute Gasteiger partial charge is 0.330 e. The molecule has 0 spiro atoms. The molecule has 3 nitrogen and oxygen atoms in total. The molecule has 1 fully saturated rings. The highest BCUT2D eigenvalue weighted by Gasteiger charge is 2.39. The van der Waals surface area contributed by atoms with Crippen LogP contribution in [0.3, 0.4) is 0 Å². The van der Waals surface area contributed by atoms with Gasteiger partial charge in [-0.05, 0) is 34.6 Å². The summed E-state index contributed by atoms with van der Waals surface area (Å²) in [5, 5.41) is 3.56. The van der Waals surface area contributed by atoms with Crippen LogP contribution in [-0.4, -0.2) is 23.2 Å². The first-order valence-corrected chi connectivity index (χ1v) is 5.87. The zero-order valence-corrected chi connectivity index (χ0v) is 11.0. The first kappa shape index (κ1) is 13.2. The number of rotatable bonds is 2. The van der Waals surface area contributed by atoms with Crippen molar-refractivity contribution in [1.29, 1.82) is 0 Å². The van der Waals surface area contributed by atoms with Gasteiger partial charge in [0, 0.05) is 30.0 Å². The number of hydrogen-bond donors (Lipinski definition) is 1. The van der Waals surface area contributed by atoms with Crippen LogP contribution in [0, 0.1) is 0 Å². The van der Waals surface area contributed by atoms with Gasteiger partial charge in [-0.3, -0.25) is 0 Å². The van der Waals surface area contributed by atoms with Crippen LogP contribution in [0.2, 0.25) is 0 Å². The third kappa shape index (κ3) is 3.97. The zero-order chi connectivity index (χ0) is 12.4. The molecule has 1 aliphatic heterocycles. The molecule has 0 aromatic rings. The summed E-state index contributed by atoms with van der Waals surface area (Å²) in [7, 11) is 0. The predicted molar refractivity (Wildman–Crippen MR) is 65.2 cm³/mol. The van der Waals surface area contributed by atoms with Gasteiger partial charge in [-0.1, -0.05) is 6.08 Å². The van der Waals surface area contributed by atoms with Crippen LogP contribution in [-0.2, 0) is 9.53 Å². The van der Waals surface area contributed by atoms with Crippen LogP contribution in [0.1, 0.15) is 47.5 Å². The molecule has 0 bridgehead atoms. The second-order valence-corrected chi connectivity index (χ2v) is 5.86. The Kier molecular flexibility index (Phi) is 3.79. The SMILES string of the molecule is C/C=C/C(=O)OC1CC(C)(C)NC(C)(C)C1. The molecule has 0 saturated carbocycles. The molecular formula is C13H23NO2. The fourth-order valence-corrected chi connectivity index (χ4v) is 2.65. The summed E-state index contributed by atoms with van der Waals surface area (Å²) < 4.78 is 5.44. The molecule has 3 heteroatoms. The molecule has 0 amide bonds. The lowest BCUT2D eigenvalue weighted by atomic mass is 9.81. The summed E-state index contributed by atoms with van der Waals surface area (Å²) in [4.78, 5) is 11.4. The van der Waals surface area contributed by atoms with Gasteiger partial charge in [0.25, 0.3) is 0 Å². The molecule has 1 rings (SSSR count). The Morgan fingerprint density at radius 1 is 1.25 bits per heavy atom. The highest BCUT2D eigenvalue weighted by atomic mass is 16.5. The lowest BCUT2D eigenvalue weighted by Crippen LogP contribution is -2.59. The summed E-state index contributed by atoms with van der Waals surface area (Å²) in [5.41, 5.74) is 0.0330. The van der Waals surface area contributed by atoms with Gasteiger partial charge in [0.1, 0.15) is 6.10 Å². The van der Waals surface area contributed by atoms with Gasteiger partial charge in [0.15, 0.2) is 0 Å². The predicted octanol–water partition coefficient (Wildman–Crippen LogP) is 2.41. The van der Waals surface area contributed by atoms with Gasteiger partial charge in [-0.25, -0.2) is 4.79 Å². The molecule has 0 aromatic heterocycles. The van der Waals surface area contributed by atoms with Gasteiger partial charge in [0.05, 0.1) is 0 Å². The second-order valence-electron chi connectivity index (χ2n) is 5.86. The summed E-state index contributed by atoms with van der Waals surface area (Å²) in [6.07, 6.45) is 4.91. The Hall–Kier alpha value is -0.830. The van der Waals surface area contributed by atoms with Gasteiger partial charge in [-0.15, -0.1) is 0 Å². The van der Waals surface area contributed by atoms with Crippen molar-refractivity contribution in [2.45, 2.75) is 64.6 Å². The van der Waals surface area contributed by atoms with E-state index < -0.39 is 0 Å². The number of carbonyl (C=O) groups excluding carboxylic acids is 1. The Morgan fingerprint density at radius 2 is 1.75 bits per heavy atom. The summed E-state index contributed by atoms with van der Waals surface area (Å²) in [6.45, 7) is 10.4. The lowest BCUT2D eigenvalue weighted by molar-refractivity contribution is -0.147. The fraction of sp³-hybridized carbons (Fsp3) is 0.769. The monoisotopic (exact) mass is 225 g/mol. The van der Waals surface area contributed by atoms with E-state index in [1.165, 1.54) is 6.08 Å². The summed E-state index contributed by atoms with van der Waals surface area (Å²) >= 11 is 0. The van der Waals surface area contributed by atoms with E-state index in [-0.39, 0.29) is 23.2 Å². The van der Waals surface area contributed by atoms with Crippen molar-refractivity contribution in [3.8, 4) is 0 Å². The molecule has 0 radical (unpaired) electrons. The van der Waals surface area contributed by atoms with Gasteiger partial charge in [0.2, 0.25) is 0 Å². The van der Waals surface area contributed by atoms with Crippen LogP contribution in [0.5, 0.6) is 0 Å². The normalized spacial score (nSPS) is 24.6. The average molecular weight is 225 g/mol. The maximum atomic E-state index is 11.4. The quantitative estimate of drug-likeness (QED) is 0.579. The minimum absolute atomic E-state index is 0.00921. The molecule has 1 heterocycles. The molecular weight excluding hydrogens is 202 g/mol. The molecule has 92 valence electrons. The Balaban J connectivity index is 2.64. The summed E-state index contributed by atoms with van der Waals surface area (Å²) in [5.74, 6) is -0.235. The van der Waals surface area contributed by atoms with Crippen molar-refractivity contribution in [3.63, 3.8) is 0 Å². The molecule has 1 saturated heterocycles. The first-order chi connectivity index (χ1) is 7.24. The zero-order valence-electron chi connectivity index (χ0n) is 11.0. The second kappa shape index (κ2) is 4.58.